The van der Waals surface area contributed by atoms with Crippen LogP contribution in [0.1, 0.15) is 30.6 Å². The van der Waals surface area contributed by atoms with Crippen LogP contribution in [0.5, 0.6) is 5.75 Å². The predicted molar refractivity (Wildman–Crippen MR) is 71.2 cm³/mol. The highest BCUT2D eigenvalue weighted by Gasteiger charge is 2.10. The SMILES string of the molecule is CC[C@@H](N)c1ccccc1OCc1ccn(C)n1. The number of rotatable bonds is 5. The van der Waals surface area contributed by atoms with Crippen molar-refractivity contribution >= 4 is 0 Å². The minimum Gasteiger partial charge on any atom is -0.487 e. The van der Waals surface area contributed by atoms with E-state index < -0.39 is 0 Å². The maximum absolute atomic E-state index is 6.07. The van der Waals surface area contributed by atoms with Gasteiger partial charge in [-0.2, -0.15) is 5.10 Å². The number of hydrogen-bond donors (Lipinski definition) is 1. The number of para-hydroxylation sites is 1. The van der Waals surface area contributed by atoms with E-state index in [1.165, 1.54) is 0 Å². The lowest BCUT2D eigenvalue weighted by atomic mass is 10.0. The summed E-state index contributed by atoms with van der Waals surface area (Å²) < 4.78 is 7.57. The monoisotopic (exact) mass is 245 g/mol. The molecule has 0 spiro atoms. The summed E-state index contributed by atoms with van der Waals surface area (Å²) in [6.45, 7) is 2.54. The molecule has 0 saturated heterocycles. The Kier molecular flexibility index (Phi) is 3.99. The van der Waals surface area contributed by atoms with Crippen LogP contribution < -0.4 is 10.5 Å². The fourth-order valence-corrected chi connectivity index (χ4v) is 1.83. The van der Waals surface area contributed by atoms with Crippen LogP contribution in [0.15, 0.2) is 36.5 Å². The Morgan fingerprint density at radius 1 is 1.33 bits per heavy atom. The first-order valence-corrected chi connectivity index (χ1v) is 6.16. The van der Waals surface area contributed by atoms with Crippen molar-refractivity contribution in [3.05, 3.63) is 47.8 Å². The summed E-state index contributed by atoms with van der Waals surface area (Å²) in [6, 6.07) is 9.88. The van der Waals surface area contributed by atoms with Gasteiger partial charge in [0.05, 0.1) is 5.69 Å². The van der Waals surface area contributed by atoms with Gasteiger partial charge in [-0.1, -0.05) is 25.1 Å². The Balaban J connectivity index is 2.09. The van der Waals surface area contributed by atoms with E-state index in [0.717, 1.165) is 23.4 Å². The van der Waals surface area contributed by atoms with Crippen molar-refractivity contribution in [3.63, 3.8) is 0 Å². The number of nitrogens with two attached hydrogens (primary N) is 1. The molecule has 0 aliphatic heterocycles. The molecule has 2 aromatic rings. The van der Waals surface area contributed by atoms with Gasteiger partial charge in [0.25, 0.3) is 0 Å². The average Bonchev–Trinajstić information content (AvgIpc) is 2.81. The predicted octanol–water partition coefficient (Wildman–Crippen LogP) is 2.41. The normalized spacial score (nSPS) is 12.4. The molecule has 2 N–H and O–H groups in total. The molecular formula is C14H19N3O. The highest BCUT2D eigenvalue weighted by atomic mass is 16.5. The van der Waals surface area contributed by atoms with Gasteiger partial charge in [0.15, 0.2) is 0 Å². The third-order valence-electron chi connectivity index (χ3n) is 2.90. The number of aromatic nitrogens is 2. The molecule has 4 nitrogen and oxygen atoms in total. The van der Waals surface area contributed by atoms with Crippen LogP contribution in [0, 0.1) is 0 Å². The Labute approximate surface area is 107 Å². The summed E-state index contributed by atoms with van der Waals surface area (Å²) in [5.74, 6) is 0.845. The van der Waals surface area contributed by atoms with E-state index in [4.69, 9.17) is 10.5 Å². The summed E-state index contributed by atoms with van der Waals surface area (Å²) in [7, 11) is 1.89. The van der Waals surface area contributed by atoms with Gasteiger partial charge in [-0.3, -0.25) is 4.68 Å². The lowest BCUT2D eigenvalue weighted by Gasteiger charge is -2.15. The smallest absolute Gasteiger partial charge is 0.132 e. The minimum absolute atomic E-state index is 0.0185. The molecule has 1 atom stereocenters. The van der Waals surface area contributed by atoms with Gasteiger partial charge in [-0.25, -0.2) is 0 Å². The zero-order valence-electron chi connectivity index (χ0n) is 10.8. The second kappa shape index (κ2) is 5.69. The molecule has 0 saturated carbocycles. The van der Waals surface area contributed by atoms with Crippen molar-refractivity contribution in [1.82, 2.24) is 9.78 Å². The van der Waals surface area contributed by atoms with Crippen LogP contribution in [-0.2, 0) is 13.7 Å². The van der Waals surface area contributed by atoms with Crippen molar-refractivity contribution in [1.29, 1.82) is 0 Å². The van der Waals surface area contributed by atoms with E-state index in [9.17, 15) is 0 Å². The molecule has 0 fully saturated rings. The largest absolute Gasteiger partial charge is 0.487 e. The van der Waals surface area contributed by atoms with Crippen molar-refractivity contribution in [2.45, 2.75) is 26.0 Å². The zero-order chi connectivity index (χ0) is 13.0. The fourth-order valence-electron chi connectivity index (χ4n) is 1.83. The van der Waals surface area contributed by atoms with Gasteiger partial charge in [0, 0.05) is 24.8 Å². The van der Waals surface area contributed by atoms with E-state index in [0.29, 0.717) is 6.61 Å². The highest BCUT2D eigenvalue weighted by molar-refractivity contribution is 5.35. The number of aryl methyl sites for hydroxylation is 1. The molecule has 1 heterocycles. The molecule has 96 valence electrons. The average molecular weight is 245 g/mol. The third kappa shape index (κ3) is 2.90. The van der Waals surface area contributed by atoms with Gasteiger partial charge in [-0.05, 0) is 18.6 Å². The first kappa shape index (κ1) is 12.6. The van der Waals surface area contributed by atoms with Crippen LogP contribution in [-0.4, -0.2) is 9.78 Å². The number of hydrogen-bond acceptors (Lipinski definition) is 3. The van der Waals surface area contributed by atoms with Crippen LogP contribution in [0.2, 0.25) is 0 Å². The molecule has 0 aliphatic rings. The quantitative estimate of drug-likeness (QED) is 0.880. The van der Waals surface area contributed by atoms with Crippen molar-refractivity contribution in [2.75, 3.05) is 0 Å². The van der Waals surface area contributed by atoms with E-state index in [1.807, 2.05) is 43.6 Å². The first-order valence-electron chi connectivity index (χ1n) is 6.16. The summed E-state index contributed by atoms with van der Waals surface area (Å²) in [5, 5.41) is 4.28. The van der Waals surface area contributed by atoms with Crippen molar-refractivity contribution < 1.29 is 4.74 Å². The van der Waals surface area contributed by atoms with Crippen molar-refractivity contribution in [2.24, 2.45) is 12.8 Å². The van der Waals surface area contributed by atoms with E-state index in [1.54, 1.807) is 4.68 Å². The van der Waals surface area contributed by atoms with Crippen molar-refractivity contribution in [3.8, 4) is 5.75 Å². The maximum Gasteiger partial charge on any atom is 0.132 e. The molecule has 18 heavy (non-hydrogen) atoms. The summed E-state index contributed by atoms with van der Waals surface area (Å²) in [5.41, 5.74) is 8.03. The molecular weight excluding hydrogens is 226 g/mol. The van der Waals surface area contributed by atoms with E-state index >= 15 is 0 Å². The summed E-state index contributed by atoms with van der Waals surface area (Å²) in [6.07, 6.45) is 2.80. The van der Waals surface area contributed by atoms with Gasteiger partial charge in [-0.15, -0.1) is 0 Å². The molecule has 0 unspecified atom stereocenters. The van der Waals surface area contributed by atoms with Gasteiger partial charge in [0.1, 0.15) is 12.4 Å². The van der Waals surface area contributed by atoms with Crippen LogP contribution in [0.4, 0.5) is 0 Å². The van der Waals surface area contributed by atoms with Crippen LogP contribution in [0.3, 0.4) is 0 Å². The molecule has 0 aliphatic carbocycles. The van der Waals surface area contributed by atoms with Gasteiger partial charge in [0.2, 0.25) is 0 Å². The second-order valence-corrected chi connectivity index (χ2v) is 4.32. The summed E-state index contributed by atoms with van der Waals surface area (Å²) >= 11 is 0. The summed E-state index contributed by atoms with van der Waals surface area (Å²) in [4.78, 5) is 0. The molecule has 2 rings (SSSR count). The van der Waals surface area contributed by atoms with Crippen LogP contribution in [0.25, 0.3) is 0 Å². The topological polar surface area (TPSA) is 53.1 Å². The Hall–Kier alpha value is -1.81. The second-order valence-electron chi connectivity index (χ2n) is 4.32. The Morgan fingerprint density at radius 3 is 2.78 bits per heavy atom. The number of benzene rings is 1. The third-order valence-corrected chi connectivity index (χ3v) is 2.90. The highest BCUT2D eigenvalue weighted by Crippen LogP contribution is 2.25. The molecule has 1 aromatic carbocycles. The van der Waals surface area contributed by atoms with Crippen LogP contribution >= 0.6 is 0 Å². The lowest BCUT2D eigenvalue weighted by molar-refractivity contribution is 0.295. The Bertz CT molecular complexity index is 507. The molecule has 0 radical (unpaired) electrons. The fraction of sp³-hybridized carbons (Fsp3) is 0.357. The molecule has 0 amide bonds. The minimum atomic E-state index is 0.0185. The van der Waals surface area contributed by atoms with E-state index in [-0.39, 0.29) is 6.04 Å². The number of ether oxygens (including phenoxy) is 1. The standard InChI is InChI=1S/C14H19N3O/c1-3-13(15)12-6-4-5-7-14(12)18-10-11-8-9-17(2)16-11/h4-9,13H,3,10,15H2,1-2H3/t13-/m1/s1. The van der Waals surface area contributed by atoms with Gasteiger partial charge < -0.3 is 10.5 Å². The molecule has 0 bridgehead atoms. The maximum atomic E-state index is 6.07. The molecule has 4 heteroatoms. The first-order chi connectivity index (χ1) is 8.70. The number of nitrogens with zero attached hydrogens (tertiary/aromatic N) is 2. The zero-order valence-corrected chi connectivity index (χ0v) is 10.8. The van der Waals surface area contributed by atoms with Gasteiger partial charge >= 0.3 is 0 Å². The Morgan fingerprint density at radius 2 is 2.11 bits per heavy atom. The lowest BCUT2D eigenvalue weighted by Crippen LogP contribution is -2.11. The van der Waals surface area contributed by atoms with E-state index in [2.05, 4.69) is 12.0 Å². The molecule has 1 aromatic heterocycles.